The predicted molar refractivity (Wildman–Crippen MR) is 41.1 cm³/mol. The Bertz CT molecular complexity index is 66.5. The number of rotatable bonds is 0. The van der Waals surface area contributed by atoms with Crippen LogP contribution in [-0.2, 0) is 0 Å². The molecule has 0 aromatic heterocycles. The van der Waals surface area contributed by atoms with Crippen molar-refractivity contribution >= 4 is 14.8 Å². The Morgan fingerprint density at radius 2 is 1.88 bits per heavy atom. The Labute approximate surface area is 53.7 Å². The first-order valence-corrected chi connectivity index (χ1v) is 5.13. The Morgan fingerprint density at radius 1 is 1.00 bits per heavy atom. The van der Waals surface area contributed by atoms with Crippen LogP contribution in [0.15, 0.2) is 0 Å². The van der Waals surface area contributed by atoms with Gasteiger partial charge in [0, 0.05) is 0 Å². The lowest BCUT2D eigenvalue weighted by Gasteiger charge is -1.99. The average Bonchev–Trinajstić information content (AvgIpc) is 1.62. The van der Waals surface area contributed by atoms with E-state index in [0.717, 1.165) is 9.13 Å². The molecular formula is C7H14Si. The second-order valence-electron chi connectivity index (χ2n) is 2.46. The molecule has 0 radical (unpaired) electrons. The molecule has 0 atom stereocenters. The summed E-state index contributed by atoms with van der Waals surface area (Å²) in [5, 5.41) is 0. The zero-order valence-electron chi connectivity index (χ0n) is 5.40. The van der Waals surface area contributed by atoms with Crippen molar-refractivity contribution in [3.63, 3.8) is 0 Å². The highest BCUT2D eigenvalue weighted by atomic mass is 28.2. The van der Waals surface area contributed by atoms with Crippen molar-refractivity contribution in [2.45, 2.75) is 38.1 Å². The standard InChI is InChI=1S/C7H14Si/c1-2-4-6-8-7-5-3-1/h6,8H,1-5,7H2. The Hall–Kier alpha value is 0.0869. The molecule has 1 heterocycles. The van der Waals surface area contributed by atoms with Crippen molar-refractivity contribution in [2.24, 2.45) is 0 Å². The van der Waals surface area contributed by atoms with Crippen molar-refractivity contribution in [1.82, 2.24) is 0 Å². The topological polar surface area (TPSA) is 0 Å². The van der Waals surface area contributed by atoms with E-state index >= 15 is 0 Å². The van der Waals surface area contributed by atoms with Crippen LogP contribution >= 0.6 is 0 Å². The molecule has 0 N–H and O–H groups in total. The summed E-state index contributed by atoms with van der Waals surface area (Å²) >= 11 is 0. The second kappa shape index (κ2) is 4.01. The molecule has 0 saturated heterocycles. The van der Waals surface area contributed by atoms with E-state index in [1.807, 2.05) is 0 Å². The molecule has 0 spiro atoms. The highest BCUT2D eigenvalue weighted by molar-refractivity contribution is 6.46. The van der Waals surface area contributed by atoms with Crippen molar-refractivity contribution in [2.75, 3.05) is 0 Å². The van der Waals surface area contributed by atoms with Gasteiger partial charge in [-0.1, -0.05) is 25.7 Å². The van der Waals surface area contributed by atoms with E-state index in [9.17, 15) is 0 Å². The normalized spacial score (nSPS) is 22.0. The Kier molecular flexibility index (Phi) is 3.12. The highest BCUT2D eigenvalue weighted by Crippen LogP contribution is 2.05. The maximum atomic E-state index is 2.53. The summed E-state index contributed by atoms with van der Waals surface area (Å²) in [6.07, 6.45) is 7.37. The molecule has 8 heavy (non-hydrogen) atoms. The summed E-state index contributed by atoms with van der Waals surface area (Å²) in [5.41, 5.74) is 2.53. The first-order chi connectivity index (χ1) is 4.00. The van der Waals surface area contributed by atoms with Gasteiger partial charge < -0.3 is 0 Å². The van der Waals surface area contributed by atoms with Crippen LogP contribution in [0.25, 0.3) is 0 Å². The quantitative estimate of drug-likeness (QED) is 0.433. The predicted octanol–water partition coefficient (Wildman–Crippen LogP) is 1.61. The van der Waals surface area contributed by atoms with Crippen LogP contribution in [0.3, 0.4) is 0 Å². The summed E-state index contributed by atoms with van der Waals surface area (Å²) in [5.74, 6) is 0. The monoisotopic (exact) mass is 126 g/mol. The molecule has 0 aliphatic carbocycles. The van der Waals surface area contributed by atoms with Crippen molar-refractivity contribution in [3.8, 4) is 0 Å². The van der Waals surface area contributed by atoms with Crippen molar-refractivity contribution in [3.05, 3.63) is 0 Å². The Balaban J connectivity index is 2.17. The summed E-state index contributed by atoms with van der Waals surface area (Å²) in [6, 6.07) is 1.53. The molecule has 0 aromatic carbocycles. The van der Waals surface area contributed by atoms with Crippen molar-refractivity contribution in [1.29, 1.82) is 0 Å². The van der Waals surface area contributed by atoms with E-state index in [1.54, 1.807) is 0 Å². The van der Waals surface area contributed by atoms with E-state index in [-0.39, 0.29) is 0 Å². The number of hydrogen-bond donors (Lipinski definition) is 0. The van der Waals surface area contributed by atoms with Crippen LogP contribution in [0.2, 0.25) is 6.04 Å². The third kappa shape index (κ3) is 2.41. The van der Waals surface area contributed by atoms with Gasteiger partial charge in [-0.25, -0.2) is 0 Å². The lowest BCUT2D eigenvalue weighted by atomic mass is 10.2. The summed E-state index contributed by atoms with van der Waals surface area (Å²) in [6.45, 7) is 0. The Morgan fingerprint density at radius 3 is 2.88 bits per heavy atom. The molecule has 0 nitrogen and oxygen atoms in total. The maximum absolute atomic E-state index is 2.53. The van der Waals surface area contributed by atoms with Gasteiger partial charge in [0.2, 0.25) is 0 Å². The van der Waals surface area contributed by atoms with E-state index in [0.29, 0.717) is 0 Å². The van der Waals surface area contributed by atoms with Crippen molar-refractivity contribution < 1.29 is 0 Å². The molecule has 0 aromatic rings. The molecule has 1 aliphatic heterocycles. The third-order valence-electron chi connectivity index (χ3n) is 1.66. The molecule has 1 heteroatoms. The third-order valence-corrected chi connectivity index (χ3v) is 3.07. The van der Waals surface area contributed by atoms with Crippen LogP contribution in [0.1, 0.15) is 32.1 Å². The fourth-order valence-corrected chi connectivity index (χ4v) is 2.35. The molecule has 1 aliphatic rings. The van der Waals surface area contributed by atoms with Gasteiger partial charge in [0.25, 0.3) is 0 Å². The molecule has 1 rings (SSSR count). The molecule has 0 unspecified atom stereocenters. The zero-order chi connectivity index (χ0) is 5.66. The van der Waals surface area contributed by atoms with E-state index in [1.165, 1.54) is 38.1 Å². The van der Waals surface area contributed by atoms with Crippen LogP contribution < -0.4 is 0 Å². The smallest absolute Gasteiger partial charge is 0.0119 e. The van der Waals surface area contributed by atoms with Gasteiger partial charge in [-0.05, 0) is 21.6 Å². The fraction of sp³-hybridized carbons (Fsp3) is 0.857. The maximum Gasteiger partial charge on any atom is -0.0119 e. The van der Waals surface area contributed by atoms with Crippen LogP contribution in [0, 0.1) is 0 Å². The minimum atomic E-state index is 0.746. The minimum Gasteiger partial charge on any atom is -0.106 e. The fourth-order valence-electron chi connectivity index (χ4n) is 1.11. The van der Waals surface area contributed by atoms with E-state index in [4.69, 9.17) is 0 Å². The van der Waals surface area contributed by atoms with E-state index in [2.05, 4.69) is 5.67 Å². The average molecular weight is 126 g/mol. The van der Waals surface area contributed by atoms with Gasteiger partial charge in [0.1, 0.15) is 0 Å². The largest absolute Gasteiger partial charge is 0.106 e. The first-order valence-electron chi connectivity index (χ1n) is 3.65. The van der Waals surface area contributed by atoms with Crippen LogP contribution in [0.5, 0.6) is 0 Å². The molecule has 0 bridgehead atoms. The van der Waals surface area contributed by atoms with Gasteiger partial charge in [0.15, 0.2) is 0 Å². The van der Waals surface area contributed by atoms with Crippen LogP contribution in [-0.4, -0.2) is 14.8 Å². The molecule has 0 saturated carbocycles. The first kappa shape index (κ1) is 6.21. The molecule has 0 amide bonds. The molecule has 46 valence electrons. The molecule has 0 fully saturated rings. The van der Waals surface area contributed by atoms with Gasteiger partial charge in [-0.2, -0.15) is 0 Å². The number of hydrogen-bond acceptors (Lipinski definition) is 0. The lowest BCUT2D eigenvalue weighted by molar-refractivity contribution is 0.682. The van der Waals surface area contributed by atoms with Crippen LogP contribution in [0.4, 0.5) is 0 Å². The second-order valence-corrected chi connectivity index (χ2v) is 3.98. The van der Waals surface area contributed by atoms with E-state index < -0.39 is 0 Å². The minimum absolute atomic E-state index is 0.746. The highest BCUT2D eigenvalue weighted by Gasteiger charge is 1.90. The lowest BCUT2D eigenvalue weighted by Crippen LogP contribution is -1.90. The van der Waals surface area contributed by atoms with Gasteiger partial charge in [-0.15, -0.1) is 5.67 Å². The summed E-state index contributed by atoms with van der Waals surface area (Å²) < 4.78 is 0. The zero-order valence-corrected chi connectivity index (χ0v) is 6.55. The summed E-state index contributed by atoms with van der Waals surface area (Å²) in [4.78, 5) is 0. The van der Waals surface area contributed by atoms with Gasteiger partial charge in [-0.3, -0.25) is 0 Å². The van der Waals surface area contributed by atoms with Gasteiger partial charge in [0.05, 0.1) is 0 Å². The van der Waals surface area contributed by atoms with Gasteiger partial charge >= 0.3 is 0 Å². The molecular weight excluding hydrogens is 112 g/mol. The SMILES string of the molecule is C1=[SiH]CCCCCC1. The summed E-state index contributed by atoms with van der Waals surface area (Å²) in [7, 11) is 0.746.